The second-order valence-electron chi connectivity index (χ2n) is 7.33. The smallest absolute Gasteiger partial charge is 0.223 e. The van der Waals surface area contributed by atoms with E-state index in [9.17, 15) is 4.79 Å². The molecule has 0 heterocycles. The fraction of sp³-hybridized carbons (Fsp3) is 0.600. The minimum absolute atomic E-state index is 0. The van der Waals surface area contributed by atoms with Gasteiger partial charge in [-0.2, -0.15) is 0 Å². The Balaban J connectivity index is 0.00000261. The van der Waals surface area contributed by atoms with Gasteiger partial charge in [-0.05, 0) is 50.3 Å². The summed E-state index contributed by atoms with van der Waals surface area (Å²) in [7, 11) is 0. The Kier molecular flexibility index (Phi) is 8.85. The zero-order valence-electron chi connectivity index (χ0n) is 15.9. The van der Waals surface area contributed by atoms with Gasteiger partial charge < -0.3 is 16.0 Å². The van der Waals surface area contributed by atoms with Crippen molar-refractivity contribution in [2.24, 2.45) is 10.9 Å². The van der Waals surface area contributed by atoms with E-state index in [2.05, 4.69) is 63.1 Å². The lowest BCUT2D eigenvalue weighted by molar-refractivity contribution is -0.122. The molecule has 2 aliphatic rings. The molecule has 0 aromatic heterocycles. The number of aliphatic imine (C=N–C) groups is 1. The number of benzene rings is 1. The number of carbonyl (C=O) groups is 1. The van der Waals surface area contributed by atoms with Gasteiger partial charge in [0.1, 0.15) is 0 Å². The molecule has 0 spiro atoms. The van der Waals surface area contributed by atoms with E-state index < -0.39 is 0 Å². The quantitative estimate of drug-likeness (QED) is 0.201. The Morgan fingerprint density at radius 3 is 2.56 bits per heavy atom. The van der Waals surface area contributed by atoms with Crippen LogP contribution >= 0.6 is 39.9 Å². The Labute approximate surface area is 187 Å². The fourth-order valence-corrected chi connectivity index (χ4v) is 3.79. The molecular weight excluding hydrogens is 519 g/mol. The highest BCUT2D eigenvalue weighted by Crippen LogP contribution is 2.44. The van der Waals surface area contributed by atoms with Crippen LogP contribution in [0.15, 0.2) is 33.7 Å². The number of rotatable bonds is 8. The minimum Gasteiger partial charge on any atom is -0.357 e. The molecule has 1 aromatic rings. The highest BCUT2D eigenvalue weighted by atomic mass is 127. The third-order valence-corrected chi connectivity index (χ3v) is 5.79. The standard InChI is InChI=1S/C20H29BrN4O.HI/c1-2-22-19(24-12-11-23-18(26)15-7-8-15)25-14-20(9-4-10-20)16-5-3-6-17(21)13-16;/h3,5-6,13,15H,2,4,7-12,14H2,1H3,(H,23,26)(H2,22,24,25);1H. The number of nitrogens with one attached hydrogen (secondary N) is 3. The van der Waals surface area contributed by atoms with Gasteiger partial charge in [0.25, 0.3) is 0 Å². The predicted octanol–water partition coefficient (Wildman–Crippen LogP) is 3.57. The van der Waals surface area contributed by atoms with Crippen molar-refractivity contribution in [3.05, 3.63) is 34.3 Å². The molecule has 150 valence electrons. The molecule has 0 aliphatic heterocycles. The van der Waals surface area contributed by atoms with Crippen LogP contribution in [0.2, 0.25) is 0 Å². The summed E-state index contributed by atoms with van der Waals surface area (Å²) >= 11 is 3.59. The van der Waals surface area contributed by atoms with Gasteiger partial charge in [0.2, 0.25) is 5.91 Å². The van der Waals surface area contributed by atoms with Crippen molar-refractivity contribution < 1.29 is 4.79 Å². The number of hydrogen-bond donors (Lipinski definition) is 3. The van der Waals surface area contributed by atoms with E-state index in [-0.39, 0.29) is 41.2 Å². The largest absolute Gasteiger partial charge is 0.357 e. The number of carbonyl (C=O) groups excluding carboxylic acids is 1. The van der Waals surface area contributed by atoms with Crippen molar-refractivity contribution in [2.45, 2.75) is 44.4 Å². The molecule has 2 aliphatic carbocycles. The number of hydrogen-bond acceptors (Lipinski definition) is 2. The first-order valence-electron chi connectivity index (χ1n) is 9.69. The lowest BCUT2D eigenvalue weighted by Crippen LogP contribution is -2.44. The molecule has 0 radical (unpaired) electrons. The molecule has 3 rings (SSSR count). The van der Waals surface area contributed by atoms with Gasteiger partial charge in [-0.15, -0.1) is 24.0 Å². The molecule has 0 unspecified atom stereocenters. The van der Waals surface area contributed by atoms with E-state index in [1.54, 1.807) is 0 Å². The third-order valence-electron chi connectivity index (χ3n) is 5.30. The van der Waals surface area contributed by atoms with Crippen molar-refractivity contribution >= 4 is 51.8 Å². The summed E-state index contributed by atoms with van der Waals surface area (Å²) in [6.45, 7) is 5.00. The summed E-state index contributed by atoms with van der Waals surface area (Å²) in [5, 5.41) is 9.62. The first kappa shape index (κ1) is 22.5. The van der Waals surface area contributed by atoms with Crippen LogP contribution in [-0.2, 0) is 10.2 Å². The van der Waals surface area contributed by atoms with Crippen LogP contribution in [0.1, 0.15) is 44.6 Å². The van der Waals surface area contributed by atoms with E-state index in [1.165, 1.54) is 24.8 Å². The second-order valence-corrected chi connectivity index (χ2v) is 8.25. The van der Waals surface area contributed by atoms with Gasteiger partial charge in [-0.25, -0.2) is 0 Å². The topological polar surface area (TPSA) is 65.5 Å². The van der Waals surface area contributed by atoms with Crippen LogP contribution in [0.25, 0.3) is 0 Å². The van der Waals surface area contributed by atoms with Gasteiger partial charge in [-0.1, -0.05) is 34.5 Å². The first-order valence-corrected chi connectivity index (χ1v) is 10.5. The summed E-state index contributed by atoms with van der Waals surface area (Å²) in [6, 6.07) is 8.62. The van der Waals surface area contributed by atoms with Crippen LogP contribution in [0.4, 0.5) is 0 Å². The van der Waals surface area contributed by atoms with Crippen LogP contribution in [0.3, 0.4) is 0 Å². The van der Waals surface area contributed by atoms with Crippen molar-refractivity contribution in [1.29, 1.82) is 0 Å². The van der Waals surface area contributed by atoms with Crippen molar-refractivity contribution in [3.8, 4) is 0 Å². The summed E-state index contributed by atoms with van der Waals surface area (Å²) in [4.78, 5) is 16.5. The molecule has 2 saturated carbocycles. The van der Waals surface area contributed by atoms with E-state index >= 15 is 0 Å². The minimum atomic E-state index is 0. The molecule has 0 saturated heterocycles. The highest BCUT2D eigenvalue weighted by Gasteiger charge is 2.38. The maximum absolute atomic E-state index is 11.7. The molecule has 3 N–H and O–H groups in total. The maximum atomic E-state index is 11.7. The molecule has 1 amide bonds. The van der Waals surface area contributed by atoms with E-state index in [0.717, 1.165) is 36.4 Å². The Bertz CT molecular complexity index is 659. The predicted molar refractivity (Wildman–Crippen MR) is 125 cm³/mol. The van der Waals surface area contributed by atoms with Crippen LogP contribution in [0, 0.1) is 5.92 Å². The zero-order valence-corrected chi connectivity index (χ0v) is 19.8. The van der Waals surface area contributed by atoms with E-state index in [0.29, 0.717) is 13.1 Å². The Hall–Kier alpha value is -0.830. The van der Waals surface area contributed by atoms with Gasteiger partial charge >= 0.3 is 0 Å². The first-order chi connectivity index (χ1) is 12.6. The molecule has 27 heavy (non-hydrogen) atoms. The lowest BCUT2D eigenvalue weighted by Gasteiger charge is -2.41. The second kappa shape index (κ2) is 10.6. The summed E-state index contributed by atoms with van der Waals surface area (Å²) < 4.78 is 1.13. The van der Waals surface area contributed by atoms with Crippen molar-refractivity contribution in [2.75, 3.05) is 26.2 Å². The van der Waals surface area contributed by atoms with Crippen molar-refractivity contribution in [1.82, 2.24) is 16.0 Å². The summed E-state index contributed by atoms with van der Waals surface area (Å²) in [5.74, 6) is 1.28. The van der Waals surface area contributed by atoms with E-state index in [1.807, 2.05) is 0 Å². The fourth-order valence-electron chi connectivity index (χ4n) is 3.39. The molecular formula is C20H30BrIN4O. The SMILES string of the molecule is CCNC(=NCC1(c2cccc(Br)c2)CCC1)NCCNC(=O)C1CC1.I. The summed E-state index contributed by atoms with van der Waals surface area (Å²) in [6.07, 6.45) is 5.72. The highest BCUT2D eigenvalue weighted by molar-refractivity contribution is 14.0. The Morgan fingerprint density at radius 1 is 1.22 bits per heavy atom. The number of nitrogens with zero attached hydrogens (tertiary/aromatic N) is 1. The molecule has 1 aromatic carbocycles. The molecule has 0 atom stereocenters. The molecule has 2 fully saturated rings. The van der Waals surface area contributed by atoms with Gasteiger partial charge in [0, 0.05) is 35.4 Å². The van der Waals surface area contributed by atoms with Gasteiger partial charge in [0.15, 0.2) is 5.96 Å². The molecule has 0 bridgehead atoms. The van der Waals surface area contributed by atoms with Crippen LogP contribution in [-0.4, -0.2) is 38.0 Å². The average Bonchev–Trinajstić information content (AvgIpc) is 3.42. The monoisotopic (exact) mass is 548 g/mol. The number of amides is 1. The van der Waals surface area contributed by atoms with Gasteiger partial charge in [-0.3, -0.25) is 9.79 Å². The lowest BCUT2D eigenvalue weighted by atomic mass is 9.64. The van der Waals surface area contributed by atoms with E-state index in [4.69, 9.17) is 4.99 Å². The van der Waals surface area contributed by atoms with Crippen molar-refractivity contribution in [3.63, 3.8) is 0 Å². The molecule has 5 nitrogen and oxygen atoms in total. The normalized spacial score (nSPS) is 18.1. The average molecular weight is 549 g/mol. The number of guanidine groups is 1. The van der Waals surface area contributed by atoms with Crippen LogP contribution in [0.5, 0.6) is 0 Å². The maximum Gasteiger partial charge on any atom is 0.223 e. The third kappa shape index (κ3) is 6.34. The Morgan fingerprint density at radius 2 is 1.96 bits per heavy atom. The zero-order chi connectivity index (χ0) is 18.4. The summed E-state index contributed by atoms with van der Waals surface area (Å²) in [5.41, 5.74) is 1.53. The number of halogens is 2. The van der Waals surface area contributed by atoms with Crippen LogP contribution < -0.4 is 16.0 Å². The van der Waals surface area contributed by atoms with Gasteiger partial charge in [0.05, 0.1) is 6.54 Å². The molecule has 7 heteroatoms.